The number of carbonyl (C=O) groups excluding carboxylic acids is 1. The normalized spacial score (nSPS) is 10.4. The highest BCUT2D eigenvalue weighted by atomic mass is 32.1. The van der Waals surface area contributed by atoms with Crippen molar-refractivity contribution in [2.45, 2.75) is 6.54 Å². The molecule has 1 aromatic carbocycles. The molecule has 0 bridgehead atoms. The first-order valence-electron chi connectivity index (χ1n) is 6.46. The Kier molecular flexibility index (Phi) is 4.06. The lowest BCUT2D eigenvalue weighted by atomic mass is 10.2. The van der Waals surface area contributed by atoms with Crippen molar-refractivity contribution in [1.29, 1.82) is 0 Å². The number of hydrogen-bond acceptors (Lipinski definition) is 7. The Hall–Kier alpha value is -3.14. The summed E-state index contributed by atoms with van der Waals surface area (Å²) in [5, 5.41) is 19.0. The molecule has 0 radical (unpaired) electrons. The van der Waals surface area contributed by atoms with Gasteiger partial charge in [-0.1, -0.05) is 35.3 Å². The van der Waals surface area contributed by atoms with Gasteiger partial charge in [0.25, 0.3) is 0 Å². The fraction of sp³-hybridized carbons (Fsp3) is 0.0769. The van der Waals surface area contributed by atoms with Crippen molar-refractivity contribution in [2.75, 3.05) is 5.32 Å². The van der Waals surface area contributed by atoms with E-state index in [-0.39, 0.29) is 6.54 Å². The Balaban J connectivity index is 1.64. The van der Waals surface area contributed by atoms with Crippen molar-refractivity contribution in [3.63, 3.8) is 0 Å². The molecule has 0 aliphatic heterocycles. The van der Waals surface area contributed by atoms with Crippen LogP contribution in [0.2, 0.25) is 0 Å². The number of nitro groups is 1. The van der Waals surface area contributed by atoms with Crippen molar-refractivity contribution < 1.29 is 9.72 Å². The SMILES string of the molecule is O=C(Cn1cnc([N+](=O)[O-])n1)Nc1nc(-c2ccccc2)cs1. The maximum atomic E-state index is 11.9. The van der Waals surface area contributed by atoms with Crippen LogP contribution >= 0.6 is 11.3 Å². The highest BCUT2D eigenvalue weighted by Gasteiger charge is 2.16. The zero-order chi connectivity index (χ0) is 16.2. The number of carbonyl (C=O) groups is 1. The van der Waals surface area contributed by atoms with Crippen molar-refractivity contribution in [2.24, 2.45) is 0 Å². The molecule has 0 aliphatic carbocycles. The third kappa shape index (κ3) is 3.55. The maximum Gasteiger partial charge on any atom is 0.490 e. The molecule has 0 saturated heterocycles. The van der Waals surface area contributed by atoms with E-state index in [1.54, 1.807) is 0 Å². The summed E-state index contributed by atoms with van der Waals surface area (Å²) in [5.74, 6) is -0.933. The highest BCUT2D eigenvalue weighted by molar-refractivity contribution is 7.14. The minimum absolute atomic E-state index is 0.179. The molecule has 0 saturated carbocycles. The van der Waals surface area contributed by atoms with Crippen LogP contribution in [0, 0.1) is 10.1 Å². The second kappa shape index (κ2) is 6.32. The van der Waals surface area contributed by atoms with Gasteiger partial charge >= 0.3 is 5.95 Å². The molecule has 3 rings (SSSR count). The summed E-state index contributed by atoms with van der Waals surface area (Å²) in [6, 6.07) is 9.58. The standard InChI is InChI=1S/C13H10N6O3S/c20-11(6-18-8-14-12(17-18)19(21)22)16-13-15-10(7-23-13)9-4-2-1-3-5-9/h1-5,7-8H,6H2,(H,15,16,20). The number of nitrogens with zero attached hydrogens (tertiary/aromatic N) is 5. The molecule has 0 unspecified atom stereocenters. The molecule has 0 atom stereocenters. The Morgan fingerprint density at radius 1 is 1.35 bits per heavy atom. The number of thiazole rings is 1. The number of hydrogen-bond donors (Lipinski definition) is 1. The van der Waals surface area contributed by atoms with Crippen LogP contribution in [0.1, 0.15) is 0 Å². The van der Waals surface area contributed by atoms with Gasteiger partial charge in [0.1, 0.15) is 6.54 Å². The molecule has 116 valence electrons. The minimum Gasteiger partial charge on any atom is -0.390 e. The van der Waals surface area contributed by atoms with Crippen molar-refractivity contribution in [3.8, 4) is 11.3 Å². The molecule has 10 heteroatoms. The number of aromatic nitrogens is 4. The van der Waals surface area contributed by atoms with Gasteiger partial charge in [0, 0.05) is 16.0 Å². The molecular formula is C13H10N6O3S. The van der Waals surface area contributed by atoms with Crippen LogP contribution < -0.4 is 5.32 Å². The summed E-state index contributed by atoms with van der Waals surface area (Å²) in [7, 11) is 0. The number of nitrogens with one attached hydrogen (secondary N) is 1. The van der Waals surface area contributed by atoms with Gasteiger partial charge in [-0.3, -0.25) is 4.79 Å². The van der Waals surface area contributed by atoms with Gasteiger partial charge in [0.2, 0.25) is 12.2 Å². The number of anilines is 1. The number of amides is 1. The van der Waals surface area contributed by atoms with E-state index in [0.717, 1.165) is 22.3 Å². The van der Waals surface area contributed by atoms with Crippen molar-refractivity contribution in [3.05, 3.63) is 52.2 Å². The van der Waals surface area contributed by atoms with E-state index in [4.69, 9.17) is 0 Å². The number of rotatable bonds is 5. The predicted molar refractivity (Wildman–Crippen MR) is 82.9 cm³/mol. The van der Waals surface area contributed by atoms with Gasteiger partial charge in [-0.15, -0.1) is 11.3 Å². The highest BCUT2D eigenvalue weighted by Crippen LogP contribution is 2.24. The van der Waals surface area contributed by atoms with E-state index < -0.39 is 16.8 Å². The Morgan fingerprint density at radius 3 is 2.83 bits per heavy atom. The molecule has 2 aromatic heterocycles. The van der Waals surface area contributed by atoms with E-state index in [2.05, 4.69) is 20.4 Å². The lowest BCUT2D eigenvalue weighted by molar-refractivity contribution is -0.394. The van der Waals surface area contributed by atoms with Crippen LogP contribution in [0.15, 0.2) is 42.0 Å². The molecule has 1 N–H and O–H groups in total. The largest absolute Gasteiger partial charge is 0.490 e. The third-order valence-corrected chi connectivity index (χ3v) is 3.57. The van der Waals surface area contributed by atoms with Crippen LogP contribution in [-0.4, -0.2) is 30.6 Å². The molecule has 9 nitrogen and oxygen atoms in total. The fourth-order valence-corrected chi connectivity index (χ4v) is 2.56. The summed E-state index contributed by atoms with van der Waals surface area (Å²) in [5.41, 5.74) is 1.72. The summed E-state index contributed by atoms with van der Waals surface area (Å²) >= 11 is 1.30. The van der Waals surface area contributed by atoms with E-state index in [1.807, 2.05) is 35.7 Å². The lowest BCUT2D eigenvalue weighted by Crippen LogP contribution is -2.19. The van der Waals surface area contributed by atoms with E-state index >= 15 is 0 Å². The zero-order valence-electron chi connectivity index (χ0n) is 11.6. The van der Waals surface area contributed by atoms with Crippen molar-refractivity contribution in [1.82, 2.24) is 19.7 Å². The topological polar surface area (TPSA) is 116 Å². The monoisotopic (exact) mass is 330 g/mol. The smallest absolute Gasteiger partial charge is 0.390 e. The molecule has 2 heterocycles. The van der Waals surface area contributed by atoms with Gasteiger partial charge in [-0.2, -0.15) is 4.68 Å². The summed E-state index contributed by atoms with van der Waals surface area (Å²) in [6.45, 7) is -0.179. The molecule has 0 aliphatic rings. The van der Waals surface area contributed by atoms with Gasteiger partial charge in [0.15, 0.2) is 5.13 Å². The van der Waals surface area contributed by atoms with Crippen LogP contribution in [0.5, 0.6) is 0 Å². The first-order valence-corrected chi connectivity index (χ1v) is 7.34. The van der Waals surface area contributed by atoms with Crippen LogP contribution in [0.4, 0.5) is 11.1 Å². The second-order valence-electron chi connectivity index (χ2n) is 4.45. The first kappa shape index (κ1) is 14.8. The summed E-state index contributed by atoms with van der Waals surface area (Å²) < 4.78 is 1.10. The van der Waals surface area contributed by atoms with E-state index in [9.17, 15) is 14.9 Å². The zero-order valence-corrected chi connectivity index (χ0v) is 12.4. The Morgan fingerprint density at radius 2 is 2.13 bits per heavy atom. The van der Waals surface area contributed by atoms with E-state index in [0.29, 0.717) is 5.13 Å². The second-order valence-corrected chi connectivity index (χ2v) is 5.31. The molecule has 0 fully saturated rings. The van der Waals surface area contributed by atoms with E-state index in [1.165, 1.54) is 11.3 Å². The molecular weight excluding hydrogens is 320 g/mol. The van der Waals surface area contributed by atoms with Gasteiger partial charge in [0.05, 0.1) is 5.69 Å². The van der Waals surface area contributed by atoms with Gasteiger partial charge in [-0.05, 0) is 4.92 Å². The predicted octanol–water partition coefficient (Wildman–Crippen LogP) is 1.95. The van der Waals surface area contributed by atoms with Gasteiger partial charge < -0.3 is 15.4 Å². The molecule has 3 aromatic rings. The maximum absolute atomic E-state index is 11.9. The fourth-order valence-electron chi connectivity index (χ4n) is 1.82. The van der Waals surface area contributed by atoms with Crippen LogP contribution in [0.25, 0.3) is 11.3 Å². The van der Waals surface area contributed by atoms with Crippen LogP contribution in [0.3, 0.4) is 0 Å². The average molecular weight is 330 g/mol. The Labute approximate surface area is 133 Å². The summed E-state index contributed by atoms with van der Waals surface area (Å²) in [4.78, 5) is 29.5. The molecule has 0 spiro atoms. The van der Waals surface area contributed by atoms with Crippen molar-refractivity contribution >= 4 is 28.3 Å². The quantitative estimate of drug-likeness (QED) is 0.564. The first-order chi connectivity index (χ1) is 11.1. The third-order valence-electron chi connectivity index (χ3n) is 2.81. The average Bonchev–Trinajstić information content (AvgIpc) is 3.18. The van der Waals surface area contributed by atoms with Gasteiger partial charge in [-0.25, -0.2) is 4.98 Å². The summed E-state index contributed by atoms with van der Waals surface area (Å²) in [6.07, 6.45) is 1.13. The molecule has 23 heavy (non-hydrogen) atoms. The molecule has 1 amide bonds. The van der Waals surface area contributed by atoms with Crippen LogP contribution in [-0.2, 0) is 11.3 Å². The lowest BCUT2D eigenvalue weighted by Gasteiger charge is -1.99. The Bertz CT molecular complexity index is 844. The minimum atomic E-state index is -0.721. The number of benzene rings is 1.